The van der Waals surface area contributed by atoms with E-state index in [4.69, 9.17) is 20.9 Å². The molecule has 1 heterocycles. The Labute approximate surface area is 120 Å². The third-order valence-corrected chi connectivity index (χ3v) is 3.27. The monoisotopic (exact) mass is 284 g/mol. The average molecular weight is 284 g/mol. The molecule has 0 saturated heterocycles. The fourth-order valence-corrected chi connectivity index (χ4v) is 2.37. The Morgan fingerprint density at radius 1 is 0.905 bits per heavy atom. The number of ether oxygens (including phenoxy) is 2. The lowest BCUT2D eigenvalue weighted by Crippen LogP contribution is -2.16. The third-order valence-electron chi connectivity index (χ3n) is 3.27. The maximum atomic E-state index is 11.8. The highest BCUT2D eigenvalue weighted by Gasteiger charge is 2.26. The molecular formula is C15H12N2O4. The minimum atomic E-state index is -0.661. The van der Waals surface area contributed by atoms with Crippen molar-refractivity contribution in [3.05, 3.63) is 47.5 Å². The molecule has 21 heavy (non-hydrogen) atoms. The van der Waals surface area contributed by atoms with Gasteiger partial charge in [-0.05, 0) is 29.3 Å². The molecule has 2 aromatic rings. The number of hydrogen-bond donors (Lipinski definition) is 2. The Morgan fingerprint density at radius 2 is 1.67 bits per heavy atom. The number of primary amides is 2. The zero-order valence-electron chi connectivity index (χ0n) is 11.0. The van der Waals surface area contributed by atoms with Gasteiger partial charge in [0.15, 0.2) is 11.5 Å². The van der Waals surface area contributed by atoms with Crippen LogP contribution in [0.2, 0.25) is 0 Å². The van der Waals surface area contributed by atoms with Gasteiger partial charge in [-0.15, -0.1) is 0 Å². The van der Waals surface area contributed by atoms with Crippen LogP contribution in [0.4, 0.5) is 0 Å². The number of hydrogen-bond acceptors (Lipinski definition) is 4. The van der Waals surface area contributed by atoms with E-state index in [1.165, 1.54) is 0 Å². The first-order valence-electron chi connectivity index (χ1n) is 6.21. The predicted octanol–water partition coefficient (Wildman–Crippen LogP) is 1.28. The second kappa shape index (κ2) is 4.82. The highest BCUT2D eigenvalue weighted by atomic mass is 16.7. The highest BCUT2D eigenvalue weighted by molar-refractivity contribution is 6.07. The lowest BCUT2D eigenvalue weighted by molar-refractivity contribution is 0.0987. The van der Waals surface area contributed by atoms with Gasteiger partial charge in [0.05, 0.1) is 5.56 Å². The van der Waals surface area contributed by atoms with E-state index in [9.17, 15) is 9.59 Å². The molecule has 106 valence electrons. The highest BCUT2D eigenvalue weighted by Crippen LogP contribution is 2.41. The van der Waals surface area contributed by atoms with Crippen LogP contribution in [0.5, 0.6) is 11.5 Å². The predicted molar refractivity (Wildman–Crippen MR) is 75.0 cm³/mol. The van der Waals surface area contributed by atoms with Gasteiger partial charge >= 0.3 is 0 Å². The number of amides is 2. The van der Waals surface area contributed by atoms with E-state index in [1.54, 1.807) is 36.4 Å². The van der Waals surface area contributed by atoms with Gasteiger partial charge in [0.1, 0.15) is 0 Å². The maximum absolute atomic E-state index is 11.8. The molecule has 0 atom stereocenters. The minimum absolute atomic E-state index is 0.0243. The van der Waals surface area contributed by atoms with Gasteiger partial charge in [-0.25, -0.2) is 0 Å². The lowest BCUT2D eigenvalue weighted by atomic mass is 9.94. The van der Waals surface area contributed by atoms with Gasteiger partial charge in [0.2, 0.25) is 12.7 Å². The molecule has 4 N–H and O–H groups in total. The number of carbonyl (C=O) groups excluding carboxylic acids is 2. The Morgan fingerprint density at radius 3 is 2.38 bits per heavy atom. The van der Waals surface area contributed by atoms with Crippen molar-refractivity contribution >= 4 is 11.8 Å². The van der Waals surface area contributed by atoms with Gasteiger partial charge in [0, 0.05) is 5.56 Å². The molecule has 0 fully saturated rings. The number of carbonyl (C=O) groups is 2. The van der Waals surface area contributed by atoms with Crippen LogP contribution in [0, 0.1) is 0 Å². The Hall–Kier alpha value is -3.02. The summed E-state index contributed by atoms with van der Waals surface area (Å²) in [5, 5.41) is 0. The van der Waals surface area contributed by atoms with Crippen LogP contribution in [0.1, 0.15) is 20.7 Å². The zero-order chi connectivity index (χ0) is 15.0. The summed E-state index contributed by atoms with van der Waals surface area (Å²) in [5.74, 6) is -0.506. The van der Waals surface area contributed by atoms with Crippen LogP contribution in [0.3, 0.4) is 0 Å². The van der Waals surface area contributed by atoms with Crippen molar-refractivity contribution < 1.29 is 19.1 Å². The van der Waals surface area contributed by atoms with Crippen molar-refractivity contribution in [2.45, 2.75) is 0 Å². The van der Waals surface area contributed by atoms with Crippen molar-refractivity contribution in [1.29, 1.82) is 0 Å². The molecular weight excluding hydrogens is 272 g/mol. The largest absolute Gasteiger partial charge is 0.454 e. The fourth-order valence-electron chi connectivity index (χ4n) is 2.37. The van der Waals surface area contributed by atoms with Crippen LogP contribution in [-0.4, -0.2) is 18.6 Å². The SMILES string of the molecule is NC(=O)c1ccccc1-c1ccc2c(c1C(N)=O)OCO2. The molecule has 3 rings (SSSR count). The van der Waals surface area contributed by atoms with Crippen molar-refractivity contribution in [2.24, 2.45) is 11.5 Å². The van der Waals surface area contributed by atoms with Crippen LogP contribution < -0.4 is 20.9 Å². The lowest BCUT2D eigenvalue weighted by Gasteiger charge is -2.12. The first-order valence-corrected chi connectivity index (χ1v) is 6.21. The van der Waals surface area contributed by atoms with Gasteiger partial charge in [-0.2, -0.15) is 0 Å². The third kappa shape index (κ3) is 2.06. The first-order chi connectivity index (χ1) is 10.1. The van der Waals surface area contributed by atoms with E-state index in [0.29, 0.717) is 28.2 Å². The van der Waals surface area contributed by atoms with E-state index >= 15 is 0 Å². The molecule has 0 aromatic heterocycles. The summed E-state index contributed by atoms with van der Waals surface area (Å²) in [6, 6.07) is 10.1. The molecule has 2 amide bonds. The van der Waals surface area contributed by atoms with Crippen LogP contribution >= 0.6 is 0 Å². The topological polar surface area (TPSA) is 105 Å². The minimum Gasteiger partial charge on any atom is -0.454 e. The molecule has 0 saturated carbocycles. The van der Waals surface area contributed by atoms with E-state index in [1.807, 2.05) is 0 Å². The number of nitrogens with two attached hydrogens (primary N) is 2. The summed E-state index contributed by atoms with van der Waals surface area (Å²) < 4.78 is 10.6. The van der Waals surface area contributed by atoms with Crippen LogP contribution in [-0.2, 0) is 0 Å². The molecule has 2 aromatic carbocycles. The molecule has 1 aliphatic rings. The quantitative estimate of drug-likeness (QED) is 0.885. The van der Waals surface area contributed by atoms with E-state index < -0.39 is 11.8 Å². The van der Waals surface area contributed by atoms with E-state index in [0.717, 1.165) is 0 Å². The summed E-state index contributed by atoms with van der Waals surface area (Å²) in [6.45, 7) is 0.0243. The summed E-state index contributed by atoms with van der Waals surface area (Å²) in [6.07, 6.45) is 0. The fraction of sp³-hybridized carbons (Fsp3) is 0.0667. The van der Waals surface area contributed by atoms with Crippen molar-refractivity contribution in [2.75, 3.05) is 6.79 Å². The van der Waals surface area contributed by atoms with Gasteiger partial charge in [-0.1, -0.05) is 18.2 Å². The van der Waals surface area contributed by atoms with E-state index in [-0.39, 0.29) is 12.4 Å². The molecule has 6 heteroatoms. The smallest absolute Gasteiger partial charge is 0.253 e. The molecule has 0 bridgehead atoms. The van der Waals surface area contributed by atoms with Gasteiger partial charge in [0.25, 0.3) is 5.91 Å². The van der Waals surface area contributed by atoms with Crippen molar-refractivity contribution in [3.63, 3.8) is 0 Å². The maximum Gasteiger partial charge on any atom is 0.253 e. The molecule has 0 unspecified atom stereocenters. The standard InChI is InChI=1S/C15H12N2O4/c16-14(18)10-4-2-1-3-8(10)9-5-6-11-13(21-7-20-11)12(9)15(17)19/h1-6H,7H2,(H2,16,18)(H2,17,19). The summed E-state index contributed by atoms with van der Waals surface area (Å²) in [5.41, 5.74) is 12.3. The van der Waals surface area contributed by atoms with Crippen molar-refractivity contribution in [1.82, 2.24) is 0 Å². The molecule has 0 radical (unpaired) electrons. The van der Waals surface area contributed by atoms with Crippen LogP contribution in [0.15, 0.2) is 36.4 Å². The first kappa shape index (κ1) is 13.0. The zero-order valence-corrected chi connectivity index (χ0v) is 11.0. The summed E-state index contributed by atoms with van der Waals surface area (Å²) in [7, 11) is 0. The Kier molecular flexibility index (Phi) is 2.98. The number of benzene rings is 2. The van der Waals surface area contributed by atoms with Crippen molar-refractivity contribution in [3.8, 4) is 22.6 Å². The Bertz CT molecular complexity index is 755. The van der Waals surface area contributed by atoms with Gasteiger partial charge in [-0.3, -0.25) is 9.59 Å². The number of fused-ring (bicyclic) bond motifs is 1. The average Bonchev–Trinajstić information content (AvgIpc) is 2.94. The van der Waals surface area contributed by atoms with E-state index in [2.05, 4.69) is 0 Å². The second-order valence-corrected chi connectivity index (χ2v) is 4.50. The summed E-state index contributed by atoms with van der Waals surface area (Å²) >= 11 is 0. The molecule has 1 aliphatic heterocycles. The molecule has 0 spiro atoms. The normalized spacial score (nSPS) is 12.2. The second-order valence-electron chi connectivity index (χ2n) is 4.50. The molecule has 0 aliphatic carbocycles. The number of rotatable bonds is 3. The summed E-state index contributed by atoms with van der Waals surface area (Å²) in [4.78, 5) is 23.4. The Balaban J connectivity index is 2.29. The molecule has 6 nitrogen and oxygen atoms in total. The van der Waals surface area contributed by atoms with Gasteiger partial charge < -0.3 is 20.9 Å². The van der Waals surface area contributed by atoms with Crippen LogP contribution in [0.25, 0.3) is 11.1 Å².